The molecule has 0 saturated heterocycles. The average Bonchev–Trinajstić information content (AvgIpc) is 2.78. The monoisotopic (exact) mass is 366 g/mol. The molecule has 1 aliphatic rings. The maximum absolute atomic E-state index is 12.4. The van der Waals surface area contributed by atoms with Gasteiger partial charge >= 0.3 is 0 Å². The van der Waals surface area contributed by atoms with Crippen molar-refractivity contribution in [2.45, 2.75) is 11.3 Å². The largest absolute Gasteiger partial charge is 0.326 e. The Balaban J connectivity index is 1.92. The van der Waals surface area contributed by atoms with Crippen molar-refractivity contribution in [3.8, 4) is 0 Å². The zero-order chi connectivity index (χ0) is 15.0. The zero-order valence-corrected chi connectivity index (χ0v) is 13.2. The Morgan fingerprint density at radius 2 is 1.90 bits per heavy atom. The summed E-state index contributed by atoms with van der Waals surface area (Å²) < 4.78 is 27.7. The number of benzene rings is 2. The van der Waals surface area contributed by atoms with Crippen LogP contribution in [-0.4, -0.2) is 14.3 Å². The number of carbonyl (C=O) groups excluding carboxylic acids is 1. The van der Waals surface area contributed by atoms with Crippen LogP contribution >= 0.6 is 15.9 Å². The summed E-state index contributed by atoms with van der Waals surface area (Å²) in [7, 11) is -3.68. The van der Waals surface area contributed by atoms with E-state index in [1.165, 1.54) is 6.07 Å². The van der Waals surface area contributed by atoms with Crippen LogP contribution in [0.2, 0.25) is 0 Å². The van der Waals surface area contributed by atoms with Crippen LogP contribution in [0.4, 0.5) is 11.4 Å². The molecule has 0 aliphatic carbocycles. The van der Waals surface area contributed by atoms with Crippen molar-refractivity contribution in [2.75, 3.05) is 10.0 Å². The van der Waals surface area contributed by atoms with Crippen molar-refractivity contribution >= 4 is 43.2 Å². The number of hydrogen-bond acceptors (Lipinski definition) is 3. The minimum Gasteiger partial charge on any atom is -0.326 e. The second kappa shape index (κ2) is 5.16. The molecule has 5 nitrogen and oxygen atoms in total. The molecular weight excluding hydrogens is 356 g/mol. The minimum atomic E-state index is -3.68. The normalized spacial score (nSPS) is 13.7. The SMILES string of the molecule is O=C1Cc2cc(NS(=O)(=O)c3ccccc3Br)ccc2N1. The van der Waals surface area contributed by atoms with Gasteiger partial charge in [-0.25, -0.2) is 8.42 Å². The average molecular weight is 367 g/mol. The second-order valence-corrected chi connectivity index (χ2v) is 7.14. The van der Waals surface area contributed by atoms with Gasteiger partial charge in [0.2, 0.25) is 5.91 Å². The number of amides is 1. The quantitative estimate of drug-likeness (QED) is 0.876. The van der Waals surface area contributed by atoms with Gasteiger partial charge in [0.15, 0.2) is 0 Å². The molecule has 0 saturated carbocycles. The van der Waals surface area contributed by atoms with Crippen molar-refractivity contribution in [1.29, 1.82) is 0 Å². The van der Waals surface area contributed by atoms with E-state index in [0.29, 0.717) is 10.2 Å². The summed E-state index contributed by atoms with van der Waals surface area (Å²) in [5.74, 6) is -0.0872. The lowest BCUT2D eigenvalue weighted by Crippen LogP contribution is -2.13. The smallest absolute Gasteiger partial charge is 0.263 e. The third kappa shape index (κ3) is 2.79. The van der Waals surface area contributed by atoms with Gasteiger partial charge in [-0.3, -0.25) is 9.52 Å². The number of rotatable bonds is 3. The molecule has 2 aromatic carbocycles. The molecule has 7 heteroatoms. The second-order valence-electron chi connectivity index (χ2n) is 4.63. The topological polar surface area (TPSA) is 75.3 Å². The third-order valence-corrected chi connectivity index (χ3v) is 5.50. The van der Waals surface area contributed by atoms with E-state index in [9.17, 15) is 13.2 Å². The summed E-state index contributed by atoms with van der Waals surface area (Å²) in [4.78, 5) is 11.5. The van der Waals surface area contributed by atoms with E-state index in [0.717, 1.165) is 11.3 Å². The van der Waals surface area contributed by atoms with Gasteiger partial charge in [0.05, 0.1) is 6.42 Å². The van der Waals surface area contributed by atoms with Gasteiger partial charge in [0, 0.05) is 15.8 Å². The highest BCUT2D eigenvalue weighted by Gasteiger charge is 2.20. The summed E-state index contributed by atoms with van der Waals surface area (Å²) in [5.41, 5.74) is 1.94. The summed E-state index contributed by atoms with van der Waals surface area (Å²) in [6, 6.07) is 11.6. The van der Waals surface area contributed by atoms with Crippen molar-refractivity contribution in [3.05, 3.63) is 52.5 Å². The Morgan fingerprint density at radius 1 is 1.14 bits per heavy atom. The molecule has 0 radical (unpaired) electrons. The molecule has 1 amide bonds. The number of anilines is 2. The van der Waals surface area contributed by atoms with Crippen LogP contribution in [0.1, 0.15) is 5.56 Å². The first-order chi connectivity index (χ1) is 9.95. The molecule has 1 aliphatic heterocycles. The molecule has 2 N–H and O–H groups in total. The van der Waals surface area contributed by atoms with Crippen molar-refractivity contribution in [3.63, 3.8) is 0 Å². The van der Waals surface area contributed by atoms with E-state index in [1.54, 1.807) is 36.4 Å². The zero-order valence-electron chi connectivity index (χ0n) is 10.8. The molecular formula is C14H11BrN2O3S. The van der Waals surface area contributed by atoms with E-state index in [2.05, 4.69) is 26.0 Å². The Labute approximate surface area is 130 Å². The van der Waals surface area contributed by atoms with E-state index in [1.807, 2.05) is 0 Å². The van der Waals surface area contributed by atoms with Gasteiger partial charge in [-0.2, -0.15) is 0 Å². The van der Waals surface area contributed by atoms with Gasteiger partial charge in [0.1, 0.15) is 4.90 Å². The highest BCUT2D eigenvalue weighted by Crippen LogP contribution is 2.28. The fraction of sp³-hybridized carbons (Fsp3) is 0.0714. The first-order valence-electron chi connectivity index (χ1n) is 6.16. The number of nitrogens with one attached hydrogen (secondary N) is 2. The number of fused-ring (bicyclic) bond motifs is 1. The molecule has 0 bridgehead atoms. The lowest BCUT2D eigenvalue weighted by molar-refractivity contribution is -0.115. The van der Waals surface area contributed by atoms with Crippen molar-refractivity contribution in [2.24, 2.45) is 0 Å². The van der Waals surface area contributed by atoms with Crippen LogP contribution in [0.5, 0.6) is 0 Å². The van der Waals surface area contributed by atoms with Crippen LogP contribution in [0, 0.1) is 0 Å². The lowest BCUT2D eigenvalue weighted by atomic mass is 10.1. The van der Waals surface area contributed by atoms with E-state index in [4.69, 9.17) is 0 Å². The van der Waals surface area contributed by atoms with Crippen molar-refractivity contribution < 1.29 is 13.2 Å². The molecule has 0 spiro atoms. The van der Waals surface area contributed by atoms with Crippen LogP contribution in [0.15, 0.2) is 51.8 Å². The summed E-state index contributed by atoms with van der Waals surface area (Å²) in [5, 5.41) is 2.70. The van der Waals surface area contributed by atoms with E-state index >= 15 is 0 Å². The lowest BCUT2D eigenvalue weighted by Gasteiger charge is -2.10. The first kappa shape index (κ1) is 14.1. The molecule has 2 aromatic rings. The predicted molar refractivity (Wildman–Crippen MR) is 83.7 cm³/mol. The highest BCUT2D eigenvalue weighted by atomic mass is 79.9. The van der Waals surface area contributed by atoms with E-state index in [-0.39, 0.29) is 17.2 Å². The maximum atomic E-state index is 12.4. The predicted octanol–water partition coefficient (Wildman–Crippen LogP) is 2.74. The van der Waals surface area contributed by atoms with Crippen LogP contribution < -0.4 is 10.0 Å². The van der Waals surface area contributed by atoms with Gasteiger partial charge in [-0.15, -0.1) is 0 Å². The molecule has 0 atom stereocenters. The molecule has 3 rings (SSSR count). The fourth-order valence-electron chi connectivity index (χ4n) is 2.17. The number of sulfonamides is 1. The fourth-order valence-corrected chi connectivity index (χ4v) is 4.22. The van der Waals surface area contributed by atoms with Gasteiger partial charge < -0.3 is 5.32 Å². The minimum absolute atomic E-state index is 0.0872. The molecule has 1 heterocycles. The molecule has 108 valence electrons. The van der Waals surface area contributed by atoms with Crippen LogP contribution in [0.3, 0.4) is 0 Å². The summed E-state index contributed by atoms with van der Waals surface area (Å²) >= 11 is 3.23. The molecule has 0 fully saturated rings. The first-order valence-corrected chi connectivity index (χ1v) is 8.43. The standard InChI is InChI=1S/C14H11BrN2O3S/c15-11-3-1-2-4-13(11)21(19,20)17-10-5-6-12-9(7-10)8-14(18)16-12/h1-7,17H,8H2,(H,16,18). The highest BCUT2D eigenvalue weighted by molar-refractivity contribution is 9.10. The molecule has 0 aromatic heterocycles. The molecule has 21 heavy (non-hydrogen) atoms. The van der Waals surface area contributed by atoms with Gasteiger partial charge in [0.25, 0.3) is 10.0 Å². The molecule has 0 unspecified atom stereocenters. The Kier molecular flexibility index (Phi) is 3.46. The third-order valence-electron chi connectivity index (χ3n) is 3.11. The Bertz CT molecular complexity index is 834. The maximum Gasteiger partial charge on any atom is 0.263 e. The number of hydrogen-bond donors (Lipinski definition) is 2. The van der Waals surface area contributed by atoms with Crippen molar-refractivity contribution in [1.82, 2.24) is 0 Å². The van der Waals surface area contributed by atoms with Crippen LogP contribution in [0.25, 0.3) is 0 Å². The summed E-state index contributed by atoms with van der Waals surface area (Å²) in [6.45, 7) is 0. The Morgan fingerprint density at radius 3 is 2.67 bits per heavy atom. The van der Waals surface area contributed by atoms with Gasteiger partial charge in [-0.1, -0.05) is 12.1 Å². The number of carbonyl (C=O) groups is 1. The van der Waals surface area contributed by atoms with E-state index < -0.39 is 10.0 Å². The Hall–Kier alpha value is -1.86. The number of halogens is 1. The summed E-state index contributed by atoms with van der Waals surface area (Å²) in [6.07, 6.45) is 0.264. The van der Waals surface area contributed by atoms with Crippen LogP contribution in [-0.2, 0) is 21.2 Å². The van der Waals surface area contributed by atoms with Gasteiger partial charge in [-0.05, 0) is 51.8 Å².